The molecule has 0 spiro atoms. The number of nitrogens with zero attached hydrogens (tertiary/aromatic N) is 1. The maximum absolute atomic E-state index is 14.4. The molecule has 2 aliphatic rings. The van der Waals surface area contributed by atoms with Crippen molar-refractivity contribution in [2.75, 3.05) is 25.0 Å². The molecule has 1 saturated carbocycles. The monoisotopic (exact) mass is 462 g/mol. The van der Waals surface area contributed by atoms with E-state index in [-0.39, 0.29) is 36.0 Å². The van der Waals surface area contributed by atoms with Gasteiger partial charge in [0.2, 0.25) is 5.91 Å². The van der Waals surface area contributed by atoms with Crippen LogP contribution in [0, 0.1) is 5.92 Å². The lowest BCUT2D eigenvalue weighted by Crippen LogP contribution is -2.45. The molecule has 1 aliphatic carbocycles. The molecule has 0 radical (unpaired) electrons. The van der Waals surface area contributed by atoms with E-state index in [1.165, 1.54) is 0 Å². The fraction of sp³-hybridized carbons (Fsp3) is 0.417. The summed E-state index contributed by atoms with van der Waals surface area (Å²) in [4.78, 5) is 16.0. The summed E-state index contributed by atoms with van der Waals surface area (Å²) in [7, 11) is 0. The number of halogens is 4. The van der Waals surface area contributed by atoms with Crippen molar-refractivity contribution in [1.29, 1.82) is 0 Å². The second-order valence-corrected chi connectivity index (χ2v) is 8.45. The van der Waals surface area contributed by atoms with Crippen LogP contribution in [0.5, 0.6) is 0 Å². The van der Waals surface area contributed by atoms with E-state index in [1.807, 2.05) is 0 Å². The lowest BCUT2D eigenvalue weighted by Gasteiger charge is -2.29. The second kappa shape index (κ2) is 9.51. The fourth-order valence-electron chi connectivity index (χ4n) is 3.88. The zero-order chi connectivity index (χ0) is 23.6. The number of pyridine rings is 1. The molecule has 2 aromatic rings. The van der Waals surface area contributed by atoms with Crippen LogP contribution >= 0.6 is 0 Å². The molecule has 0 unspecified atom stereocenters. The number of carbonyl (C=O) groups is 1. The molecule has 1 saturated heterocycles. The molecule has 33 heavy (non-hydrogen) atoms. The number of hydrogen-bond donors (Lipinski definition) is 3. The summed E-state index contributed by atoms with van der Waals surface area (Å²) in [5.74, 6) is 0.0494. The normalized spacial score (nSPS) is 21.3. The van der Waals surface area contributed by atoms with Crippen LogP contribution in [-0.2, 0) is 4.79 Å². The standard InChI is InChI=1S/C24H26F4N4O/c1-14(24(26,27)28)22-17-5-2-6-20(32-21-9-11-29-13-19(21)25)18(17)12-16(31-22)4-3-10-30-23(33)15-7-8-15/h2-6,12,15,19,21,29,32H,1,7-11,13H2,(H,30,33)/b4-3+/t19-,21+/m0/s1. The number of fused-ring (bicyclic) bond motifs is 1. The third kappa shape index (κ3) is 5.52. The van der Waals surface area contributed by atoms with E-state index in [9.17, 15) is 22.4 Å². The number of benzene rings is 1. The minimum Gasteiger partial charge on any atom is -0.379 e. The van der Waals surface area contributed by atoms with Gasteiger partial charge in [-0.2, -0.15) is 13.2 Å². The molecule has 1 aliphatic heterocycles. The molecule has 9 heteroatoms. The summed E-state index contributed by atoms with van der Waals surface area (Å²) in [6, 6.07) is 6.12. The summed E-state index contributed by atoms with van der Waals surface area (Å²) in [5.41, 5.74) is -0.489. The Morgan fingerprint density at radius 3 is 2.73 bits per heavy atom. The van der Waals surface area contributed by atoms with Crippen LogP contribution in [-0.4, -0.2) is 48.9 Å². The van der Waals surface area contributed by atoms with Gasteiger partial charge in [0.05, 0.1) is 23.0 Å². The number of piperidine rings is 1. The highest BCUT2D eigenvalue weighted by atomic mass is 19.4. The first-order valence-electron chi connectivity index (χ1n) is 11.0. The van der Waals surface area contributed by atoms with Crippen molar-refractivity contribution in [3.63, 3.8) is 0 Å². The van der Waals surface area contributed by atoms with Crippen LogP contribution in [0.3, 0.4) is 0 Å². The molecule has 1 aromatic heterocycles. The Kier molecular flexibility index (Phi) is 6.69. The van der Waals surface area contributed by atoms with Crippen molar-refractivity contribution in [1.82, 2.24) is 15.6 Å². The van der Waals surface area contributed by atoms with Crippen LogP contribution in [0.1, 0.15) is 30.7 Å². The summed E-state index contributed by atoms with van der Waals surface area (Å²) >= 11 is 0. The topological polar surface area (TPSA) is 66.0 Å². The SMILES string of the molecule is C=C(c1nc(/C=C/CNC(=O)C2CC2)cc2c(N[C@@H]3CCNC[C@@H]3F)cccc12)C(F)(F)F. The predicted molar refractivity (Wildman–Crippen MR) is 121 cm³/mol. The molecular weight excluding hydrogens is 436 g/mol. The van der Waals surface area contributed by atoms with Gasteiger partial charge in [0, 0.05) is 35.5 Å². The minimum absolute atomic E-state index is 0.0218. The lowest BCUT2D eigenvalue weighted by atomic mass is 10.00. The van der Waals surface area contributed by atoms with Gasteiger partial charge in [0.25, 0.3) is 0 Å². The molecule has 0 bridgehead atoms. The molecule has 2 heterocycles. The first kappa shape index (κ1) is 23.2. The van der Waals surface area contributed by atoms with Gasteiger partial charge in [-0.25, -0.2) is 9.37 Å². The lowest BCUT2D eigenvalue weighted by molar-refractivity contribution is -0.122. The average molecular weight is 462 g/mol. The quantitative estimate of drug-likeness (QED) is 0.532. The number of aromatic nitrogens is 1. The summed E-state index contributed by atoms with van der Waals surface area (Å²) in [6.45, 7) is 4.36. The molecule has 2 atom stereocenters. The van der Waals surface area contributed by atoms with Crippen LogP contribution in [0.4, 0.5) is 23.2 Å². The first-order valence-corrected chi connectivity index (χ1v) is 11.0. The van der Waals surface area contributed by atoms with E-state index < -0.39 is 24.0 Å². The fourth-order valence-corrected chi connectivity index (χ4v) is 3.88. The summed E-state index contributed by atoms with van der Waals surface area (Å²) < 4.78 is 54.9. The number of alkyl halides is 4. The van der Waals surface area contributed by atoms with Crippen molar-refractivity contribution in [3.05, 3.63) is 48.3 Å². The highest BCUT2D eigenvalue weighted by molar-refractivity contribution is 6.00. The zero-order valence-electron chi connectivity index (χ0n) is 18.0. The highest BCUT2D eigenvalue weighted by Gasteiger charge is 2.35. The van der Waals surface area contributed by atoms with Crippen LogP contribution in [0.25, 0.3) is 22.4 Å². The predicted octanol–water partition coefficient (Wildman–Crippen LogP) is 4.46. The Morgan fingerprint density at radius 1 is 1.24 bits per heavy atom. The molecule has 3 N–H and O–H groups in total. The zero-order valence-corrected chi connectivity index (χ0v) is 18.0. The van der Waals surface area contributed by atoms with E-state index in [4.69, 9.17) is 0 Å². The molecule has 1 aromatic carbocycles. The van der Waals surface area contributed by atoms with Crippen LogP contribution in [0.15, 0.2) is 36.9 Å². The van der Waals surface area contributed by atoms with Gasteiger partial charge in [-0.3, -0.25) is 4.79 Å². The number of rotatable bonds is 7. The van der Waals surface area contributed by atoms with Crippen molar-refractivity contribution < 1.29 is 22.4 Å². The average Bonchev–Trinajstić information content (AvgIpc) is 3.62. The van der Waals surface area contributed by atoms with Crippen molar-refractivity contribution in [2.24, 2.45) is 5.92 Å². The van der Waals surface area contributed by atoms with Crippen LogP contribution < -0.4 is 16.0 Å². The van der Waals surface area contributed by atoms with E-state index in [0.717, 1.165) is 12.8 Å². The molecule has 1 amide bonds. The van der Waals surface area contributed by atoms with Crippen molar-refractivity contribution in [2.45, 2.75) is 37.7 Å². The van der Waals surface area contributed by atoms with Crippen LogP contribution in [0.2, 0.25) is 0 Å². The van der Waals surface area contributed by atoms with Gasteiger partial charge in [0.1, 0.15) is 6.17 Å². The third-order valence-electron chi connectivity index (χ3n) is 5.90. The van der Waals surface area contributed by atoms with Gasteiger partial charge in [-0.05, 0) is 44.0 Å². The number of hydrogen-bond acceptors (Lipinski definition) is 4. The maximum Gasteiger partial charge on any atom is 0.417 e. The highest BCUT2D eigenvalue weighted by Crippen LogP contribution is 2.37. The largest absolute Gasteiger partial charge is 0.417 e. The van der Waals surface area contributed by atoms with Crippen molar-refractivity contribution >= 4 is 34.0 Å². The molecule has 5 nitrogen and oxygen atoms in total. The van der Waals surface area contributed by atoms with E-state index >= 15 is 0 Å². The Hall–Kier alpha value is -2.94. The minimum atomic E-state index is -4.65. The number of carbonyl (C=O) groups excluding carboxylic acids is 1. The van der Waals surface area contributed by atoms with Gasteiger partial charge >= 0.3 is 6.18 Å². The summed E-state index contributed by atoms with van der Waals surface area (Å²) in [6.07, 6.45) is -0.223. The van der Waals surface area contributed by atoms with Crippen molar-refractivity contribution in [3.8, 4) is 0 Å². The van der Waals surface area contributed by atoms with E-state index in [1.54, 1.807) is 36.4 Å². The van der Waals surface area contributed by atoms with Gasteiger partial charge in [-0.1, -0.05) is 24.8 Å². The van der Waals surface area contributed by atoms with Gasteiger partial charge < -0.3 is 16.0 Å². The molecule has 4 rings (SSSR count). The Labute approximate surface area is 189 Å². The Morgan fingerprint density at radius 2 is 2.03 bits per heavy atom. The number of allylic oxidation sites excluding steroid dienone is 1. The second-order valence-electron chi connectivity index (χ2n) is 8.45. The Balaban J connectivity index is 1.67. The number of anilines is 1. The number of amides is 1. The van der Waals surface area contributed by atoms with E-state index in [2.05, 4.69) is 27.5 Å². The van der Waals surface area contributed by atoms with Gasteiger partial charge in [-0.15, -0.1) is 0 Å². The molecule has 176 valence electrons. The van der Waals surface area contributed by atoms with Gasteiger partial charge in [0.15, 0.2) is 0 Å². The molecular formula is C24H26F4N4O. The number of nitrogens with one attached hydrogen (secondary N) is 3. The third-order valence-corrected chi connectivity index (χ3v) is 5.90. The molecule has 2 fully saturated rings. The first-order chi connectivity index (χ1) is 15.7. The van der Waals surface area contributed by atoms with E-state index in [0.29, 0.717) is 29.7 Å². The summed E-state index contributed by atoms with van der Waals surface area (Å²) in [5, 5.41) is 9.71. The Bertz CT molecular complexity index is 1080. The smallest absolute Gasteiger partial charge is 0.379 e. The maximum atomic E-state index is 14.4.